The van der Waals surface area contributed by atoms with E-state index in [1.807, 2.05) is 0 Å². The van der Waals surface area contributed by atoms with Gasteiger partial charge in [-0.1, -0.05) is 0 Å². The standard InChI is InChI=1S/C20H22F2N10O9P2S2/c21-8-6(1-33)38-19(32-5-28-11-16(32)29-20(24)30-17(11)34)13(8)41-43(35,36)37-2-7-12(40-42(44)45)9(22)18(39-7)31-4-27-10-14(23)25-3-26-15(10)31/h3-9,12-13,18-19,33H,1-2H2,(H6-,23,24,25,26,29,30,34,35,36,44,45)/p+1/t6-,7-,8-,9+,12-,13-,18-,19-/m1/s1. The molecule has 2 aliphatic heterocycles. The number of hydrogen-bond donors (Lipinski definition) is 6. The second-order valence-electron chi connectivity index (χ2n) is 9.70. The summed E-state index contributed by atoms with van der Waals surface area (Å²) < 4.78 is 73.6. The molecule has 2 unspecified atom stereocenters. The van der Waals surface area contributed by atoms with E-state index in [0.29, 0.717) is 0 Å². The fraction of sp³-hybridized carbons (Fsp3) is 0.500. The largest absolute Gasteiger partial charge is 0.472 e. The molecule has 19 nitrogen and oxygen atoms in total. The van der Waals surface area contributed by atoms with Crippen LogP contribution in [0, 0.1) is 0 Å². The lowest BCUT2D eigenvalue weighted by molar-refractivity contribution is -0.0584. The summed E-state index contributed by atoms with van der Waals surface area (Å²) in [6.07, 6.45) is -11.7. The van der Waals surface area contributed by atoms with Crippen molar-refractivity contribution in [3.05, 3.63) is 29.3 Å². The van der Waals surface area contributed by atoms with Crippen LogP contribution in [0.3, 0.4) is 0 Å². The van der Waals surface area contributed by atoms with E-state index in [9.17, 15) is 19.4 Å². The highest BCUT2D eigenvalue weighted by atomic mass is 32.9. The van der Waals surface area contributed by atoms with Gasteiger partial charge in [-0.3, -0.25) is 28.0 Å². The maximum absolute atomic E-state index is 15.7. The van der Waals surface area contributed by atoms with E-state index in [1.54, 1.807) is 0 Å². The van der Waals surface area contributed by atoms with Crippen molar-refractivity contribution in [2.75, 3.05) is 24.7 Å². The van der Waals surface area contributed by atoms with Gasteiger partial charge in [0.1, 0.15) is 42.4 Å². The molecule has 0 spiro atoms. The van der Waals surface area contributed by atoms with Crippen LogP contribution in [0.15, 0.2) is 23.8 Å². The third-order valence-electron chi connectivity index (χ3n) is 6.97. The van der Waals surface area contributed by atoms with Crippen molar-refractivity contribution < 1.29 is 46.4 Å². The lowest BCUT2D eigenvalue weighted by atomic mass is 10.1. The van der Waals surface area contributed by atoms with Crippen LogP contribution in [0.2, 0.25) is 0 Å². The second-order valence-corrected chi connectivity index (χ2v) is 14.7. The Bertz CT molecular complexity index is 1870. The first kappa shape index (κ1) is 32.1. The molecule has 0 aromatic carbocycles. The van der Waals surface area contributed by atoms with Gasteiger partial charge >= 0.3 is 13.9 Å². The summed E-state index contributed by atoms with van der Waals surface area (Å²) in [5.41, 5.74) is 10.7. The zero-order valence-electron chi connectivity index (χ0n) is 22.3. The van der Waals surface area contributed by atoms with E-state index in [1.165, 1.54) is 10.9 Å². The SMILES string of the molecule is Nc1nc2c(ncn2[C@@H]2O[C@H](CO)[C@@H](F)[C@H]2OP(=O)(O)OC[C@H]2O[C@@H](n3cnc4c(N)ncnc43)[C@@H](F)[C@@H]2O[P+](=S)S)c(=O)[nH]1. The number of alkyl halides is 2. The molecular formula is C20H23F2N10O9P2S2+. The number of thiol groups is 1. The number of rotatable bonds is 10. The molecule has 4 aromatic rings. The van der Waals surface area contributed by atoms with E-state index < -0.39 is 81.9 Å². The number of aromatic nitrogens is 8. The molecule has 242 valence electrons. The molecule has 10 atom stereocenters. The smallest absolute Gasteiger partial charge is 0.394 e. The number of nitrogens with zero attached hydrogens (tertiary/aromatic N) is 7. The molecule has 25 heteroatoms. The van der Waals surface area contributed by atoms with E-state index in [0.717, 1.165) is 17.2 Å². The quantitative estimate of drug-likeness (QED) is 0.0946. The van der Waals surface area contributed by atoms with Crippen molar-refractivity contribution in [3.8, 4) is 0 Å². The summed E-state index contributed by atoms with van der Waals surface area (Å²) in [5, 5.41) is 9.63. The summed E-state index contributed by atoms with van der Waals surface area (Å²) in [5.74, 6) is -0.251. The lowest BCUT2D eigenvalue weighted by Gasteiger charge is -2.24. The van der Waals surface area contributed by atoms with Crippen molar-refractivity contribution in [1.29, 1.82) is 0 Å². The Labute approximate surface area is 260 Å². The minimum absolute atomic E-state index is 0.0428. The fourth-order valence-corrected chi connectivity index (χ4v) is 7.01. The van der Waals surface area contributed by atoms with Crippen LogP contribution in [-0.2, 0) is 39.4 Å². The highest BCUT2D eigenvalue weighted by Crippen LogP contribution is 2.51. The summed E-state index contributed by atoms with van der Waals surface area (Å²) >= 11 is 9.02. The van der Waals surface area contributed by atoms with Crippen molar-refractivity contribution in [2.24, 2.45) is 0 Å². The molecule has 6 heterocycles. The molecule has 4 aromatic heterocycles. The molecule has 7 N–H and O–H groups in total. The number of aromatic amines is 1. The molecule has 6 rings (SSSR count). The second kappa shape index (κ2) is 12.4. The van der Waals surface area contributed by atoms with Crippen LogP contribution in [-0.4, -0.2) is 99.0 Å². The number of phosphoric acid groups is 1. The first-order chi connectivity index (χ1) is 21.4. The first-order valence-electron chi connectivity index (χ1n) is 12.7. The van der Waals surface area contributed by atoms with E-state index in [-0.39, 0.29) is 34.1 Å². The summed E-state index contributed by atoms with van der Waals surface area (Å²) in [4.78, 5) is 44.9. The average Bonchev–Trinajstić information content (AvgIpc) is 3.73. The van der Waals surface area contributed by atoms with Crippen molar-refractivity contribution >= 4 is 72.1 Å². The number of halogens is 2. The molecule has 0 aliphatic carbocycles. The zero-order valence-corrected chi connectivity index (χ0v) is 25.8. The van der Waals surface area contributed by atoms with Crippen LogP contribution < -0.4 is 17.0 Å². The highest BCUT2D eigenvalue weighted by molar-refractivity contribution is 8.54. The van der Waals surface area contributed by atoms with Crippen molar-refractivity contribution in [1.82, 2.24) is 39.0 Å². The van der Waals surface area contributed by atoms with Gasteiger partial charge in [0.05, 0.1) is 25.9 Å². The van der Waals surface area contributed by atoms with E-state index >= 15 is 8.78 Å². The number of H-pyrrole nitrogens is 1. The minimum Gasteiger partial charge on any atom is -0.394 e. The molecule has 2 saturated heterocycles. The number of nitrogens with one attached hydrogen (secondary N) is 1. The summed E-state index contributed by atoms with van der Waals surface area (Å²) in [6.45, 7) is -1.64. The Morgan fingerprint density at radius 2 is 1.76 bits per heavy atom. The summed E-state index contributed by atoms with van der Waals surface area (Å²) in [7, 11) is -5.20. The van der Waals surface area contributed by atoms with Crippen LogP contribution in [0.4, 0.5) is 20.5 Å². The number of hydrogen-bond acceptors (Lipinski definition) is 16. The summed E-state index contributed by atoms with van der Waals surface area (Å²) in [6, 6.07) is 0. The van der Waals surface area contributed by atoms with Gasteiger partial charge in [0.15, 0.2) is 53.5 Å². The van der Waals surface area contributed by atoms with Gasteiger partial charge in [-0.25, -0.2) is 33.3 Å². The van der Waals surface area contributed by atoms with Crippen molar-refractivity contribution in [3.63, 3.8) is 0 Å². The lowest BCUT2D eigenvalue weighted by Crippen LogP contribution is -2.34. The number of nitrogens with two attached hydrogens (primary N) is 2. The van der Waals surface area contributed by atoms with E-state index in [2.05, 4.69) is 42.2 Å². The number of ether oxygens (including phenoxy) is 2. The third kappa shape index (κ3) is 6.05. The van der Waals surface area contributed by atoms with Crippen LogP contribution in [0.1, 0.15) is 12.5 Å². The van der Waals surface area contributed by atoms with Crippen LogP contribution >= 0.6 is 26.2 Å². The van der Waals surface area contributed by atoms with Gasteiger partial charge in [0.2, 0.25) is 17.8 Å². The number of phosphoric ester groups is 1. The monoisotopic (exact) mass is 711 g/mol. The number of nitrogen functional groups attached to an aromatic ring is 2. The predicted molar refractivity (Wildman–Crippen MR) is 156 cm³/mol. The predicted octanol–water partition coefficient (Wildman–Crippen LogP) is 0.178. The van der Waals surface area contributed by atoms with Gasteiger partial charge in [-0.05, 0) is 0 Å². The maximum atomic E-state index is 15.7. The first-order valence-corrected chi connectivity index (χ1v) is 17.6. The van der Waals surface area contributed by atoms with Gasteiger partial charge < -0.3 is 30.9 Å². The Morgan fingerprint density at radius 3 is 2.47 bits per heavy atom. The number of anilines is 2. The van der Waals surface area contributed by atoms with Crippen molar-refractivity contribution in [2.45, 2.75) is 49.2 Å². The number of fused-ring (bicyclic) bond motifs is 2. The molecule has 0 radical (unpaired) electrons. The minimum atomic E-state index is -5.20. The van der Waals surface area contributed by atoms with Crippen LogP contribution in [0.25, 0.3) is 22.3 Å². The Balaban J connectivity index is 1.22. The van der Waals surface area contributed by atoms with Gasteiger partial charge in [0.25, 0.3) is 5.56 Å². The molecule has 2 aliphatic rings. The molecule has 2 fully saturated rings. The average molecular weight is 712 g/mol. The number of imidazole rings is 2. The normalized spacial score (nSPS) is 30.3. The van der Waals surface area contributed by atoms with Gasteiger partial charge in [-0.2, -0.15) is 4.98 Å². The number of aliphatic hydroxyl groups is 1. The number of aliphatic hydroxyl groups excluding tert-OH is 1. The topological polar surface area (TPSA) is 263 Å². The van der Waals surface area contributed by atoms with E-state index in [4.69, 9.17) is 46.3 Å². The Morgan fingerprint density at radius 1 is 1.07 bits per heavy atom. The molecule has 45 heavy (non-hydrogen) atoms. The fourth-order valence-electron chi connectivity index (χ4n) is 5.00. The maximum Gasteiger partial charge on any atom is 0.472 e. The van der Waals surface area contributed by atoms with Gasteiger partial charge in [-0.15, -0.1) is 4.52 Å². The highest BCUT2D eigenvalue weighted by Gasteiger charge is 2.53. The third-order valence-corrected chi connectivity index (χ3v) is 8.92. The Hall–Kier alpha value is -2.82. The molecule has 0 amide bonds. The molecule has 0 saturated carbocycles. The molecule has 0 bridgehead atoms. The van der Waals surface area contributed by atoms with Crippen LogP contribution in [0.5, 0.6) is 0 Å². The Kier molecular flexibility index (Phi) is 8.86. The molecular weight excluding hydrogens is 688 g/mol. The van der Waals surface area contributed by atoms with Gasteiger partial charge in [0, 0.05) is 0 Å². The zero-order chi connectivity index (χ0) is 32.2.